The predicted molar refractivity (Wildman–Crippen MR) is 68.0 cm³/mol. The molecule has 0 aliphatic heterocycles. The molecule has 0 aliphatic carbocycles. The van der Waals surface area contributed by atoms with E-state index in [0.717, 1.165) is 26.2 Å². The minimum atomic E-state index is -0.202. The number of imidazole rings is 1. The van der Waals surface area contributed by atoms with Gasteiger partial charge in [-0.3, -0.25) is 4.40 Å². The van der Waals surface area contributed by atoms with Crippen molar-refractivity contribution in [2.24, 2.45) is 0 Å². The lowest BCUT2D eigenvalue weighted by Crippen LogP contribution is -1.80. The number of thiazole rings is 1. The second-order valence-electron chi connectivity index (χ2n) is 3.93. The van der Waals surface area contributed by atoms with Gasteiger partial charge in [0.15, 0.2) is 4.96 Å². The van der Waals surface area contributed by atoms with Gasteiger partial charge in [0.25, 0.3) is 0 Å². The van der Waals surface area contributed by atoms with Crippen molar-refractivity contribution >= 4 is 37.5 Å². The largest absolute Gasteiger partial charge is 0.283 e. The van der Waals surface area contributed by atoms with Crippen molar-refractivity contribution < 1.29 is 4.39 Å². The highest BCUT2D eigenvalue weighted by atomic mass is 32.1. The molecule has 0 saturated carbocycles. The van der Waals surface area contributed by atoms with Crippen molar-refractivity contribution in [3.63, 3.8) is 0 Å². The molecule has 0 N–H and O–H groups in total. The average Bonchev–Trinajstić information content (AvgIpc) is 2.83. The lowest BCUT2D eigenvalue weighted by molar-refractivity contribution is 0.630. The van der Waals surface area contributed by atoms with Gasteiger partial charge in [-0.1, -0.05) is 23.5 Å². The first-order chi connectivity index (χ1) is 8.33. The summed E-state index contributed by atoms with van der Waals surface area (Å²) in [7, 11) is 0. The fraction of sp³-hybridized carbons (Fsp3) is 0. The van der Waals surface area contributed by atoms with E-state index in [4.69, 9.17) is 0 Å². The maximum atomic E-state index is 13.2. The van der Waals surface area contributed by atoms with Gasteiger partial charge >= 0.3 is 0 Å². The van der Waals surface area contributed by atoms with Crippen molar-refractivity contribution in [2.45, 2.75) is 0 Å². The number of fused-ring (bicyclic) bond motifs is 5. The van der Waals surface area contributed by atoms with Gasteiger partial charge in [-0.2, -0.15) is 0 Å². The molecule has 2 nitrogen and oxygen atoms in total. The highest BCUT2D eigenvalue weighted by Gasteiger charge is 2.10. The van der Waals surface area contributed by atoms with Crippen LogP contribution in [0, 0.1) is 5.82 Å². The van der Waals surface area contributed by atoms with Gasteiger partial charge in [0.05, 0.1) is 21.3 Å². The van der Waals surface area contributed by atoms with Crippen molar-refractivity contribution in [1.29, 1.82) is 0 Å². The zero-order valence-corrected chi connectivity index (χ0v) is 9.54. The molecular formula is C13H7FN2S. The number of nitrogens with zero attached hydrogens (tertiary/aromatic N) is 2. The molecule has 2 aromatic heterocycles. The second kappa shape index (κ2) is 3.05. The molecule has 2 aromatic carbocycles. The van der Waals surface area contributed by atoms with Crippen LogP contribution in [0.5, 0.6) is 0 Å². The molecule has 0 unspecified atom stereocenters. The fourth-order valence-corrected chi connectivity index (χ4v) is 3.22. The lowest BCUT2D eigenvalue weighted by atomic mass is 10.3. The van der Waals surface area contributed by atoms with Crippen LogP contribution in [-0.4, -0.2) is 9.38 Å². The first-order valence-electron chi connectivity index (χ1n) is 5.28. The zero-order chi connectivity index (χ0) is 11.4. The van der Waals surface area contributed by atoms with E-state index >= 15 is 0 Å². The Morgan fingerprint density at radius 3 is 2.88 bits per heavy atom. The van der Waals surface area contributed by atoms with Crippen molar-refractivity contribution in [3.8, 4) is 0 Å². The summed E-state index contributed by atoms with van der Waals surface area (Å²) in [5.41, 5.74) is 3.06. The van der Waals surface area contributed by atoms with Crippen LogP contribution < -0.4 is 0 Å². The number of rotatable bonds is 0. The van der Waals surface area contributed by atoms with E-state index in [1.165, 1.54) is 17.4 Å². The van der Waals surface area contributed by atoms with Gasteiger partial charge in [0.1, 0.15) is 5.82 Å². The molecule has 82 valence electrons. The summed E-state index contributed by atoms with van der Waals surface area (Å²) < 4.78 is 16.2. The Morgan fingerprint density at radius 2 is 1.94 bits per heavy atom. The summed E-state index contributed by atoms with van der Waals surface area (Å²) in [5.74, 6) is -0.202. The summed E-state index contributed by atoms with van der Waals surface area (Å²) in [4.78, 5) is 5.45. The van der Waals surface area contributed by atoms with Crippen LogP contribution in [0.2, 0.25) is 0 Å². The van der Waals surface area contributed by atoms with E-state index in [-0.39, 0.29) is 5.82 Å². The number of para-hydroxylation sites is 2. The smallest absolute Gasteiger partial charge is 0.195 e. The Kier molecular flexibility index (Phi) is 1.64. The van der Waals surface area contributed by atoms with Crippen molar-refractivity contribution in [3.05, 3.63) is 48.3 Å². The van der Waals surface area contributed by atoms with Gasteiger partial charge in [-0.25, -0.2) is 9.37 Å². The first kappa shape index (κ1) is 9.13. The zero-order valence-electron chi connectivity index (χ0n) is 8.72. The molecule has 4 aromatic rings. The van der Waals surface area contributed by atoms with Crippen molar-refractivity contribution in [1.82, 2.24) is 9.38 Å². The van der Waals surface area contributed by atoms with Crippen molar-refractivity contribution in [2.75, 3.05) is 0 Å². The summed E-state index contributed by atoms with van der Waals surface area (Å²) in [6.45, 7) is 0. The highest BCUT2D eigenvalue weighted by Crippen LogP contribution is 2.30. The summed E-state index contributed by atoms with van der Waals surface area (Å²) in [5, 5.41) is 0. The van der Waals surface area contributed by atoms with Crippen LogP contribution in [0.4, 0.5) is 4.39 Å². The molecule has 0 bridgehead atoms. The maximum absolute atomic E-state index is 13.2. The van der Waals surface area contributed by atoms with Crippen LogP contribution in [0.15, 0.2) is 42.5 Å². The lowest BCUT2D eigenvalue weighted by Gasteiger charge is -1.94. The Bertz CT molecular complexity index is 860. The Labute approximate surface area is 99.9 Å². The Hall–Kier alpha value is -1.94. The summed E-state index contributed by atoms with van der Waals surface area (Å²) in [6, 6.07) is 12.8. The summed E-state index contributed by atoms with van der Waals surface area (Å²) in [6.07, 6.45) is 0. The molecule has 0 spiro atoms. The first-order valence-corrected chi connectivity index (χ1v) is 6.10. The van der Waals surface area contributed by atoms with Crippen LogP contribution in [-0.2, 0) is 0 Å². The molecule has 0 fully saturated rings. The molecule has 0 saturated heterocycles. The number of benzene rings is 2. The third-order valence-corrected chi connectivity index (χ3v) is 3.90. The standard InChI is InChI=1S/C13H7FN2S/c14-8-5-6-11-12(7-8)17-13-15-9-3-1-2-4-10(9)16(11)13/h1-7H. The highest BCUT2D eigenvalue weighted by molar-refractivity contribution is 7.23. The van der Waals surface area contributed by atoms with E-state index < -0.39 is 0 Å². The van der Waals surface area contributed by atoms with Crippen LogP contribution in [0.1, 0.15) is 0 Å². The molecule has 0 radical (unpaired) electrons. The molecule has 4 rings (SSSR count). The van der Waals surface area contributed by atoms with E-state index in [0.29, 0.717) is 0 Å². The van der Waals surface area contributed by atoms with Gasteiger partial charge < -0.3 is 0 Å². The number of aromatic nitrogens is 2. The SMILES string of the molecule is Fc1ccc2c(c1)sc1nc3ccccc3n12. The van der Waals surface area contributed by atoms with Gasteiger partial charge in [-0.05, 0) is 30.3 Å². The van der Waals surface area contributed by atoms with E-state index in [1.807, 2.05) is 30.3 Å². The minimum absolute atomic E-state index is 0.202. The molecule has 0 atom stereocenters. The van der Waals surface area contributed by atoms with E-state index in [1.54, 1.807) is 6.07 Å². The van der Waals surface area contributed by atoms with E-state index in [2.05, 4.69) is 9.38 Å². The number of hydrogen-bond acceptors (Lipinski definition) is 2. The quantitative estimate of drug-likeness (QED) is 0.458. The van der Waals surface area contributed by atoms with Gasteiger partial charge in [-0.15, -0.1) is 0 Å². The van der Waals surface area contributed by atoms with Crippen LogP contribution >= 0.6 is 11.3 Å². The Balaban J connectivity index is 2.31. The predicted octanol–water partition coefficient (Wildman–Crippen LogP) is 3.84. The van der Waals surface area contributed by atoms with Gasteiger partial charge in [0.2, 0.25) is 0 Å². The minimum Gasteiger partial charge on any atom is -0.283 e. The topological polar surface area (TPSA) is 17.3 Å². The van der Waals surface area contributed by atoms with Crippen LogP contribution in [0.3, 0.4) is 0 Å². The third-order valence-electron chi connectivity index (χ3n) is 2.89. The molecular weight excluding hydrogens is 235 g/mol. The number of hydrogen-bond donors (Lipinski definition) is 0. The fourth-order valence-electron chi connectivity index (χ4n) is 2.16. The summed E-state index contributed by atoms with van der Waals surface area (Å²) >= 11 is 1.51. The average molecular weight is 242 g/mol. The molecule has 4 heteroatoms. The second-order valence-corrected chi connectivity index (χ2v) is 4.94. The van der Waals surface area contributed by atoms with Gasteiger partial charge in [0, 0.05) is 0 Å². The number of halogens is 1. The van der Waals surface area contributed by atoms with Crippen LogP contribution in [0.25, 0.3) is 26.2 Å². The monoisotopic (exact) mass is 242 g/mol. The molecule has 2 heterocycles. The molecule has 17 heavy (non-hydrogen) atoms. The Morgan fingerprint density at radius 1 is 1.06 bits per heavy atom. The van der Waals surface area contributed by atoms with E-state index in [9.17, 15) is 4.39 Å². The normalized spacial score (nSPS) is 11.8. The molecule has 0 amide bonds. The maximum Gasteiger partial charge on any atom is 0.195 e. The molecule has 0 aliphatic rings. The third kappa shape index (κ3) is 1.16.